The van der Waals surface area contributed by atoms with Crippen LogP contribution in [-0.4, -0.2) is 0 Å². The molecular formula is C48H31NS3. The van der Waals surface area contributed by atoms with Crippen LogP contribution >= 0.6 is 34.0 Å². The van der Waals surface area contributed by atoms with E-state index in [0.29, 0.717) is 0 Å². The van der Waals surface area contributed by atoms with E-state index in [1.54, 1.807) is 0 Å². The Kier molecular flexibility index (Phi) is 7.80. The van der Waals surface area contributed by atoms with Crippen molar-refractivity contribution in [3.05, 3.63) is 188 Å². The Morgan fingerprint density at radius 2 is 0.538 bits per heavy atom. The Morgan fingerprint density at radius 1 is 0.269 bits per heavy atom. The lowest BCUT2D eigenvalue weighted by Gasteiger charge is -2.26. The number of hydrogen-bond acceptors (Lipinski definition) is 4. The van der Waals surface area contributed by atoms with Crippen molar-refractivity contribution in [1.29, 1.82) is 0 Å². The Hall–Kier alpha value is -5.78. The molecule has 0 spiro atoms. The minimum atomic E-state index is 1.12. The van der Waals surface area contributed by atoms with Gasteiger partial charge in [0.25, 0.3) is 0 Å². The number of rotatable bonds is 7. The minimum absolute atomic E-state index is 1.12. The lowest BCUT2D eigenvalue weighted by Crippen LogP contribution is -2.09. The summed E-state index contributed by atoms with van der Waals surface area (Å²) in [7, 11) is 0. The quantitative estimate of drug-likeness (QED) is 0.159. The number of thiophene rings is 3. The highest BCUT2D eigenvalue weighted by Crippen LogP contribution is 2.41. The molecule has 52 heavy (non-hydrogen) atoms. The van der Waals surface area contributed by atoms with Gasteiger partial charge in [-0.3, -0.25) is 0 Å². The van der Waals surface area contributed by atoms with Crippen LogP contribution in [0.2, 0.25) is 0 Å². The second-order valence-corrected chi connectivity index (χ2v) is 16.3. The lowest BCUT2D eigenvalue weighted by molar-refractivity contribution is 1.28. The van der Waals surface area contributed by atoms with Crippen LogP contribution in [0.1, 0.15) is 0 Å². The van der Waals surface area contributed by atoms with Crippen LogP contribution in [0.4, 0.5) is 17.1 Å². The second-order valence-electron chi connectivity index (χ2n) is 13.0. The summed E-state index contributed by atoms with van der Waals surface area (Å²) in [5.41, 5.74) is 9.51. The van der Waals surface area contributed by atoms with Crippen LogP contribution in [0.3, 0.4) is 0 Å². The Bertz CT molecular complexity index is 2600. The molecule has 10 aromatic rings. The summed E-state index contributed by atoms with van der Waals surface area (Å²) in [6.07, 6.45) is 0. The van der Waals surface area contributed by atoms with Crippen molar-refractivity contribution in [2.75, 3.05) is 4.90 Å². The van der Waals surface area contributed by atoms with Gasteiger partial charge in [0, 0.05) is 45.8 Å². The van der Waals surface area contributed by atoms with Gasteiger partial charge in [-0.15, -0.1) is 34.0 Å². The van der Waals surface area contributed by atoms with Crippen molar-refractivity contribution < 1.29 is 0 Å². The van der Waals surface area contributed by atoms with Gasteiger partial charge in [0.05, 0.1) is 0 Å². The third-order valence-electron chi connectivity index (χ3n) is 9.72. The molecular weight excluding hydrogens is 687 g/mol. The van der Waals surface area contributed by atoms with E-state index in [2.05, 4.69) is 193 Å². The first-order valence-electron chi connectivity index (χ1n) is 17.4. The van der Waals surface area contributed by atoms with Gasteiger partial charge < -0.3 is 4.90 Å². The fourth-order valence-corrected chi connectivity index (χ4v) is 10.2. The van der Waals surface area contributed by atoms with Crippen molar-refractivity contribution in [2.45, 2.75) is 0 Å². The number of fused-ring (bicyclic) bond motifs is 3. The predicted molar refractivity (Wildman–Crippen MR) is 229 cm³/mol. The van der Waals surface area contributed by atoms with Gasteiger partial charge in [-0.1, -0.05) is 115 Å². The molecule has 1 nitrogen and oxygen atoms in total. The van der Waals surface area contributed by atoms with Crippen molar-refractivity contribution in [2.24, 2.45) is 0 Å². The molecule has 0 aliphatic rings. The van der Waals surface area contributed by atoms with Gasteiger partial charge in [-0.25, -0.2) is 0 Å². The summed E-state index contributed by atoms with van der Waals surface area (Å²) < 4.78 is 3.96. The largest absolute Gasteiger partial charge is 0.311 e. The Balaban J connectivity index is 0.980. The van der Waals surface area contributed by atoms with Crippen molar-refractivity contribution in [1.82, 2.24) is 0 Å². The first-order valence-corrected chi connectivity index (χ1v) is 19.8. The highest BCUT2D eigenvalue weighted by molar-refractivity contribution is 7.23. The highest BCUT2D eigenvalue weighted by atomic mass is 32.1. The van der Waals surface area contributed by atoms with Crippen LogP contribution in [0.5, 0.6) is 0 Å². The molecule has 7 aromatic carbocycles. The SMILES string of the molecule is c1ccc2sc(-c3ccc(-c4ccc(N(c5ccc(-c6cc7ccccc7s6)cc5)c5ccc(-c6cc7ccccc7s6)cc5)cc4)cc3)cc2c1. The molecule has 0 fully saturated rings. The van der Waals surface area contributed by atoms with Crippen LogP contribution in [0.25, 0.3) is 72.7 Å². The zero-order valence-electron chi connectivity index (χ0n) is 28.1. The number of anilines is 3. The third kappa shape index (κ3) is 5.81. The van der Waals surface area contributed by atoms with Gasteiger partial charge in [0.1, 0.15) is 0 Å². The standard InChI is InChI=1S/C48H31NS3/c1-4-10-43-37(7-1)29-46(50-43)34-15-13-32(14-16-34)33-17-23-40(24-18-33)49(41-25-19-35(20-26-41)47-30-38-8-2-5-11-44(38)51-47)42-27-21-36(22-28-42)48-31-39-9-3-6-12-45(39)52-48/h1-31H. The van der Waals surface area contributed by atoms with Gasteiger partial charge >= 0.3 is 0 Å². The first kappa shape index (κ1) is 31.0. The topological polar surface area (TPSA) is 3.24 Å². The molecule has 0 unspecified atom stereocenters. The fourth-order valence-electron chi connectivity index (χ4n) is 7.00. The molecule has 0 aliphatic heterocycles. The molecule has 0 atom stereocenters. The normalized spacial score (nSPS) is 11.5. The number of benzene rings is 7. The van der Waals surface area contributed by atoms with Gasteiger partial charge in [0.15, 0.2) is 0 Å². The maximum atomic E-state index is 2.36. The van der Waals surface area contributed by atoms with E-state index in [1.807, 2.05) is 34.0 Å². The van der Waals surface area contributed by atoms with E-state index in [4.69, 9.17) is 0 Å². The zero-order chi connectivity index (χ0) is 34.4. The summed E-state index contributed by atoms with van der Waals surface area (Å²) in [5, 5.41) is 3.89. The van der Waals surface area contributed by atoms with E-state index >= 15 is 0 Å². The van der Waals surface area contributed by atoms with Gasteiger partial charge in [-0.2, -0.15) is 0 Å². The maximum Gasteiger partial charge on any atom is 0.0462 e. The van der Waals surface area contributed by atoms with Crippen LogP contribution in [-0.2, 0) is 0 Å². The summed E-state index contributed by atoms with van der Waals surface area (Å²) in [6.45, 7) is 0. The van der Waals surface area contributed by atoms with E-state index in [1.165, 1.54) is 72.7 Å². The smallest absolute Gasteiger partial charge is 0.0462 e. The van der Waals surface area contributed by atoms with E-state index in [9.17, 15) is 0 Å². The fraction of sp³-hybridized carbons (Fsp3) is 0. The maximum absolute atomic E-state index is 2.36. The molecule has 246 valence electrons. The summed E-state index contributed by atoms with van der Waals surface area (Å²) in [6, 6.07) is 68.7. The number of nitrogens with zero attached hydrogens (tertiary/aromatic N) is 1. The van der Waals surface area contributed by atoms with E-state index in [-0.39, 0.29) is 0 Å². The molecule has 0 amide bonds. The Morgan fingerprint density at radius 3 is 0.865 bits per heavy atom. The van der Waals surface area contributed by atoms with Crippen molar-refractivity contribution in [3.63, 3.8) is 0 Å². The van der Waals surface area contributed by atoms with Crippen molar-refractivity contribution >= 4 is 81.3 Å². The van der Waals surface area contributed by atoms with Gasteiger partial charge in [-0.05, 0) is 117 Å². The molecule has 0 aliphatic carbocycles. The summed E-state index contributed by atoms with van der Waals surface area (Å²) in [4.78, 5) is 6.23. The second kappa shape index (κ2) is 13.1. The average molecular weight is 718 g/mol. The first-order chi connectivity index (χ1) is 25.7. The minimum Gasteiger partial charge on any atom is -0.311 e. The lowest BCUT2D eigenvalue weighted by atomic mass is 10.0. The molecule has 0 N–H and O–H groups in total. The molecule has 10 rings (SSSR count). The average Bonchev–Trinajstić information content (AvgIpc) is 3.96. The third-order valence-corrected chi connectivity index (χ3v) is 13.2. The molecule has 3 heterocycles. The summed E-state index contributed by atoms with van der Waals surface area (Å²) >= 11 is 5.54. The predicted octanol–water partition coefficient (Wildman–Crippen LogP) is 15.5. The zero-order valence-corrected chi connectivity index (χ0v) is 30.5. The van der Waals surface area contributed by atoms with Gasteiger partial charge in [0.2, 0.25) is 0 Å². The summed E-state index contributed by atoms with van der Waals surface area (Å²) in [5.74, 6) is 0. The monoisotopic (exact) mass is 717 g/mol. The van der Waals surface area contributed by atoms with Crippen LogP contribution in [0.15, 0.2) is 188 Å². The Labute approximate surface area is 314 Å². The molecule has 0 saturated carbocycles. The van der Waals surface area contributed by atoms with E-state index < -0.39 is 0 Å². The van der Waals surface area contributed by atoms with Crippen molar-refractivity contribution in [3.8, 4) is 42.4 Å². The van der Waals surface area contributed by atoms with E-state index in [0.717, 1.165) is 17.1 Å². The number of hydrogen-bond donors (Lipinski definition) is 0. The molecule has 4 heteroatoms. The molecule has 3 aromatic heterocycles. The highest BCUT2D eigenvalue weighted by Gasteiger charge is 2.15. The van der Waals surface area contributed by atoms with Crippen LogP contribution < -0.4 is 4.90 Å². The molecule has 0 saturated heterocycles. The molecule has 0 bridgehead atoms. The molecule has 0 radical (unpaired) electrons. The van der Waals surface area contributed by atoms with Crippen LogP contribution in [0, 0.1) is 0 Å².